The predicted octanol–water partition coefficient (Wildman–Crippen LogP) is 8.86. The first-order valence-corrected chi connectivity index (χ1v) is 13.5. The van der Waals surface area contributed by atoms with Crippen LogP contribution in [0.2, 0.25) is 0 Å². The van der Waals surface area contributed by atoms with Crippen molar-refractivity contribution in [1.82, 2.24) is 20.2 Å². The van der Waals surface area contributed by atoms with Crippen LogP contribution in [0.25, 0.3) is 39.0 Å². The molecule has 5 aromatic rings. The summed E-state index contributed by atoms with van der Waals surface area (Å²) in [6.45, 7) is 12.2. The van der Waals surface area contributed by atoms with Crippen LogP contribution >= 0.6 is 11.3 Å². The number of pyridine rings is 1. The van der Waals surface area contributed by atoms with Crippen LogP contribution in [0, 0.1) is 12.1 Å². The number of nitrogens with zero attached hydrogens (tertiary/aromatic N) is 2. The lowest BCUT2D eigenvalue weighted by atomic mass is 10.0. The van der Waals surface area contributed by atoms with E-state index in [1.807, 2.05) is 31.5 Å². The Hall–Kier alpha value is -4.23. The van der Waals surface area contributed by atoms with Crippen LogP contribution in [0.5, 0.6) is 0 Å². The second-order valence-electron chi connectivity index (χ2n) is 9.27. The molecule has 7 heteroatoms. The van der Waals surface area contributed by atoms with E-state index in [-0.39, 0.29) is 5.13 Å². The fourth-order valence-electron chi connectivity index (χ4n) is 4.57. The second kappa shape index (κ2) is 11.0. The van der Waals surface area contributed by atoms with Gasteiger partial charge in [0.25, 0.3) is 0 Å². The summed E-state index contributed by atoms with van der Waals surface area (Å²) in [5, 5.41) is 12.0. The number of fused-ring (bicyclic) bond motifs is 1. The topological polar surface area (TPSA) is 69.4 Å². The van der Waals surface area contributed by atoms with E-state index in [0.717, 1.165) is 97.1 Å². The van der Waals surface area contributed by atoms with Crippen LogP contribution in [-0.4, -0.2) is 20.2 Å². The standard InChI is InChI=1S/C31H30FN5S/c1-5-7-9-19(3)34-23-14-22(17-33-18-23)21-10-11-27-26(15-21)31(37-36-27)28-16-25(20(4)35-28)24(8-6-2)29-12-13-30(32)38-29/h6,8,10-18,34-35H,2-3,5,7,9H2,1,4H3,(H,36,37)/b24-8+. The number of halogens is 1. The molecule has 4 aromatic heterocycles. The lowest BCUT2D eigenvalue weighted by Gasteiger charge is -2.10. The Labute approximate surface area is 225 Å². The number of allylic oxidation sites excluding steroid dienone is 3. The van der Waals surface area contributed by atoms with Gasteiger partial charge >= 0.3 is 0 Å². The van der Waals surface area contributed by atoms with Gasteiger partial charge in [-0.25, -0.2) is 0 Å². The summed E-state index contributed by atoms with van der Waals surface area (Å²) in [6.07, 6.45) is 10.5. The highest BCUT2D eigenvalue weighted by Crippen LogP contribution is 2.36. The van der Waals surface area contributed by atoms with Crippen molar-refractivity contribution in [3.63, 3.8) is 0 Å². The zero-order chi connectivity index (χ0) is 26.6. The normalized spacial score (nSPS) is 11.7. The third-order valence-corrected chi connectivity index (χ3v) is 7.38. The predicted molar refractivity (Wildman–Crippen MR) is 158 cm³/mol. The molecule has 0 fully saturated rings. The quantitative estimate of drug-likeness (QED) is 0.160. The molecule has 5 rings (SSSR count). The lowest BCUT2D eigenvalue weighted by molar-refractivity contribution is 0.657. The molecule has 0 amide bonds. The molecule has 0 saturated carbocycles. The number of benzene rings is 1. The van der Waals surface area contributed by atoms with Crippen molar-refractivity contribution in [2.24, 2.45) is 0 Å². The van der Waals surface area contributed by atoms with Gasteiger partial charge in [0.05, 0.1) is 23.1 Å². The van der Waals surface area contributed by atoms with Crippen molar-refractivity contribution >= 4 is 33.5 Å². The SMILES string of the molecule is C=C/C=C(/c1ccc(F)s1)c1cc(-c2n[nH]c3ccc(-c4cncc(NC(=C)CCCC)c4)cc23)[nH]c1C. The van der Waals surface area contributed by atoms with Crippen molar-refractivity contribution in [3.8, 4) is 22.5 Å². The highest BCUT2D eigenvalue weighted by atomic mass is 32.1. The number of aromatic amines is 2. The second-order valence-corrected chi connectivity index (χ2v) is 10.3. The Balaban J connectivity index is 1.49. The number of aryl methyl sites for hydroxylation is 1. The number of aromatic nitrogens is 4. The number of rotatable bonds is 10. The largest absolute Gasteiger partial charge is 0.358 e. The molecular formula is C31H30FN5S. The van der Waals surface area contributed by atoms with E-state index in [2.05, 4.69) is 69.8 Å². The number of unbranched alkanes of at least 4 members (excludes halogenated alkanes) is 1. The van der Waals surface area contributed by atoms with Crippen LogP contribution in [0.3, 0.4) is 0 Å². The summed E-state index contributed by atoms with van der Waals surface area (Å²) in [5.74, 6) is 0. The smallest absolute Gasteiger partial charge is 0.176 e. The number of hydrogen-bond acceptors (Lipinski definition) is 4. The zero-order valence-corrected chi connectivity index (χ0v) is 22.4. The Bertz CT molecular complexity index is 1650. The first kappa shape index (κ1) is 25.4. The van der Waals surface area contributed by atoms with Crippen molar-refractivity contribution < 1.29 is 4.39 Å². The minimum absolute atomic E-state index is 0.215. The molecule has 0 unspecified atom stereocenters. The van der Waals surface area contributed by atoms with Gasteiger partial charge in [0.15, 0.2) is 5.13 Å². The van der Waals surface area contributed by atoms with Crippen molar-refractivity contribution in [2.75, 3.05) is 5.32 Å². The summed E-state index contributed by atoms with van der Waals surface area (Å²) in [5.41, 5.74) is 9.49. The molecule has 0 bridgehead atoms. The average molecular weight is 524 g/mol. The third-order valence-electron chi connectivity index (χ3n) is 6.47. The first-order chi connectivity index (χ1) is 18.5. The average Bonchev–Trinajstić information content (AvgIpc) is 3.64. The van der Waals surface area contributed by atoms with Crippen molar-refractivity contribution in [1.29, 1.82) is 0 Å². The number of anilines is 1. The molecule has 0 aliphatic rings. The van der Waals surface area contributed by atoms with Crippen LogP contribution in [-0.2, 0) is 0 Å². The highest BCUT2D eigenvalue weighted by molar-refractivity contribution is 7.11. The zero-order valence-electron chi connectivity index (χ0n) is 21.6. The molecule has 1 aromatic carbocycles. The molecule has 4 heterocycles. The maximum Gasteiger partial charge on any atom is 0.176 e. The van der Waals surface area contributed by atoms with Gasteiger partial charge in [-0.2, -0.15) is 9.49 Å². The van der Waals surface area contributed by atoms with E-state index >= 15 is 0 Å². The molecule has 0 spiro atoms. The van der Waals surface area contributed by atoms with E-state index in [9.17, 15) is 4.39 Å². The Morgan fingerprint density at radius 1 is 1.13 bits per heavy atom. The third kappa shape index (κ3) is 5.24. The minimum atomic E-state index is -0.215. The van der Waals surface area contributed by atoms with Gasteiger partial charge in [0.2, 0.25) is 0 Å². The van der Waals surface area contributed by atoms with Crippen LogP contribution in [0.4, 0.5) is 10.1 Å². The van der Waals surface area contributed by atoms with Gasteiger partial charge in [-0.1, -0.05) is 44.7 Å². The Morgan fingerprint density at radius 2 is 2.00 bits per heavy atom. The van der Waals surface area contributed by atoms with Crippen LogP contribution in [0.15, 0.2) is 85.9 Å². The van der Waals surface area contributed by atoms with Gasteiger partial charge in [-0.3, -0.25) is 10.1 Å². The monoisotopic (exact) mass is 523 g/mol. The number of thiophene rings is 1. The number of nitrogens with one attached hydrogen (secondary N) is 3. The van der Waals surface area contributed by atoms with Gasteiger partial charge < -0.3 is 10.3 Å². The molecule has 0 atom stereocenters. The summed E-state index contributed by atoms with van der Waals surface area (Å²) in [6, 6.07) is 13.7. The molecule has 0 saturated heterocycles. The van der Waals surface area contributed by atoms with Crippen molar-refractivity contribution in [3.05, 3.63) is 107 Å². The minimum Gasteiger partial charge on any atom is -0.358 e. The van der Waals surface area contributed by atoms with Gasteiger partial charge in [0, 0.05) is 44.6 Å². The molecule has 0 radical (unpaired) electrons. The number of hydrogen-bond donors (Lipinski definition) is 3. The van der Waals surface area contributed by atoms with E-state index < -0.39 is 0 Å². The molecule has 0 aliphatic carbocycles. The maximum atomic E-state index is 13.8. The summed E-state index contributed by atoms with van der Waals surface area (Å²) in [7, 11) is 0. The van der Waals surface area contributed by atoms with Crippen LogP contribution in [0.1, 0.15) is 42.3 Å². The first-order valence-electron chi connectivity index (χ1n) is 12.6. The summed E-state index contributed by atoms with van der Waals surface area (Å²) >= 11 is 1.12. The molecule has 0 aliphatic heterocycles. The molecule has 5 nitrogen and oxygen atoms in total. The highest BCUT2D eigenvalue weighted by Gasteiger charge is 2.17. The van der Waals surface area contributed by atoms with E-state index in [4.69, 9.17) is 0 Å². The summed E-state index contributed by atoms with van der Waals surface area (Å²) in [4.78, 5) is 8.78. The summed E-state index contributed by atoms with van der Waals surface area (Å²) < 4.78 is 13.8. The van der Waals surface area contributed by atoms with Gasteiger partial charge in [-0.05, 0) is 61.7 Å². The van der Waals surface area contributed by atoms with Gasteiger partial charge in [0.1, 0.15) is 5.69 Å². The Morgan fingerprint density at radius 3 is 2.76 bits per heavy atom. The molecule has 3 N–H and O–H groups in total. The fourth-order valence-corrected chi connectivity index (χ4v) is 5.34. The van der Waals surface area contributed by atoms with Crippen LogP contribution < -0.4 is 5.32 Å². The fraction of sp³-hybridized carbons (Fsp3) is 0.161. The van der Waals surface area contributed by atoms with Gasteiger partial charge in [-0.15, -0.1) is 11.3 Å². The van der Waals surface area contributed by atoms with E-state index in [1.165, 1.54) is 6.07 Å². The Kier molecular flexibility index (Phi) is 7.38. The van der Waals surface area contributed by atoms with E-state index in [1.54, 1.807) is 12.1 Å². The van der Waals surface area contributed by atoms with Crippen molar-refractivity contribution in [2.45, 2.75) is 33.1 Å². The van der Waals surface area contributed by atoms with E-state index in [0.29, 0.717) is 0 Å². The lowest BCUT2D eigenvalue weighted by Crippen LogP contribution is -1.98. The molecule has 38 heavy (non-hydrogen) atoms. The maximum absolute atomic E-state index is 13.8. The number of H-pyrrole nitrogens is 2. The molecular weight excluding hydrogens is 493 g/mol. The molecule has 192 valence electrons.